The number of hydrogen-bond acceptors (Lipinski definition) is 3. The minimum Gasteiger partial charge on any atom is -0.444 e. The first-order chi connectivity index (χ1) is 8.49. The second kappa shape index (κ2) is 7.57. The van der Waals surface area contributed by atoms with E-state index >= 15 is 0 Å². The number of hydrogen-bond donors (Lipinski definition) is 2. The molecule has 1 unspecified atom stereocenters. The van der Waals surface area contributed by atoms with Crippen molar-refractivity contribution in [2.24, 2.45) is 0 Å². The molecule has 0 radical (unpaired) electrons. The predicted octanol–water partition coefficient (Wildman–Crippen LogP) is 2.83. The minimum atomic E-state index is -4.11. The number of ether oxygens (including phenoxy) is 1. The Morgan fingerprint density at radius 2 is 1.84 bits per heavy atom. The van der Waals surface area contributed by atoms with E-state index in [1.807, 2.05) is 0 Å². The maximum absolute atomic E-state index is 11.9. The van der Waals surface area contributed by atoms with Gasteiger partial charge in [-0.05, 0) is 40.7 Å². The van der Waals surface area contributed by atoms with Gasteiger partial charge in [-0.15, -0.1) is 0 Å². The maximum atomic E-state index is 11.9. The molecule has 4 nitrogen and oxygen atoms in total. The summed E-state index contributed by atoms with van der Waals surface area (Å²) in [5.41, 5.74) is -0.562. The number of carbonyl (C=O) groups is 1. The molecule has 0 saturated heterocycles. The molecule has 114 valence electrons. The average molecular weight is 284 g/mol. The Labute approximate surface area is 112 Å². The number of alkyl carbamates (subject to hydrolysis) is 1. The first kappa shape index (κ1) is 18.0. The van der Waals surface area contributed by atoms with E-state index in [4.69, 9.17) is 4.74 Å². The summed E-state index contributed by atoms with van der Waals surface area (Å²) in [6.07, 6.45) is -5.41. The van der Waals surface area contributed by atoms with E-state index < -0.39 is 24.3 Å². The fraction of sp³-hybridized carbons (Fsp3) is 0.917. The minimum absolute atomic E-state index is 0.0281. The predicted molar refractivity (Wildman–Crippen MR) is 67.0 cm³/mol. The highest BCUT2D eigenvalue weighted by Crippen LogP contribution is 2.20. The lowest BCUT2D eigenvalue weighted by Gasteiger charge is -2.21. The lowest BCUT2D eigenvalue weighted by Crippen LogP contribution is -2.41. The zero-order valence-corrected chi connectivity index (χ0v) is 11.9. The molecular formula is C12H23F3N2O2. The fourth-order valence-electron chi connectivity index (χ4n) is 1.26. The summed E-state index contributed by atoms with van der Waals surface area (Å²) >= 11 is 0. The Balaban J connectivity index is 3.65. The summed E-state index contributed by atoms with van der Waals surface area (Å²) < 4.78 is 40.7. The molecule has 0 spiro atoms. The van der Waals surface area contributed by atoms with Crippen molar-refractivity contribution in [3.05, 3.63) is 0 Å². The van der Waals surface area contributed by atoms with Crippen molar-refractivity contribution in [3.63, 3.8) is 0 Å². The zero-order chi connectivity index (χ0) is 15.1. The van der Waals surface area contributed by atoms with E-state index in [1.165, 1.54) is 0 Å². The maximum Gasteiger partial charge on any atom is 0.407 e. The van der Waals surface area contributed by atoms with Crippen molar-refractivity contribution in [2.75, 3.05) is 13.1 Å². The topological polar surface area (TPSA) is 50.4 Å². The quantitative estimate of drug-likeness (QED) is 0.737. The molecule has 0 aromatic heterocycles. The monoisotopic (exact) mass is 284 g/mol. The Morgan fingerprint density at radius 3 is 2.32 bits per heavy atom. The summed E-state index contributed by atoms with van der Waals surface area (Å²) in [6.45, 7) is 7.62. The SMILES string of the molecule is CC(CNC(=O)OC(C)(C)C)NCCCC(F)(F)F. The van der Waals surface area contributed by atoms with Crippen molar-refractivity contribution in [2.45, 2.75) is 58.4 Å². The smallest absolute Gasteiger partial charge is 0.407 e. The average Bonchev–Trinajstić information content (AvgIpc) is 2.17. The van der Waals surface area contributed by atoms with Crippen LogP contribution in [0.1, 0.15) is 40.5 Å². The molecule has 0 aromatic rings. The third-order valence-corrected chi connectivity index (χ3v) is 2.08. The Kier molecular flexibility index (Phi) is 7.18. The Bertz CT molecular complexity index is 275. The molecule has 0 aliphatic rings. The van der Waals surface area contributed by atoms with Gasteiger partial charge in [0.15, 0.2) is 0 Å². The van der Waals surface area contributed by atoms with E-state index in [0.717, 1.165) is 0 Å². The van der Waals surface area contributed by atoms with Crippen molar-refractivity contribution >= 4 is 6.09 Å². The molecule has 0 rings (SSSR count). The summed E-state index contributed by atoms with van der Waals surface area (Å²) in [5, 5.41) is 5.45. The molecule has 2 N–H and O–H groups in total. The molecule has 1 atom stereocenters. The van der Waals surface area contributed by atoms with Crippen LogP contribution in [-0.4, -0.2) is 37.0 Å². The highest BCUT2D eigenvalue weighted by Gasteiger charge is 2.25. The van der Waals surface area contributed by atoms with Crippen LogP contribution >= 0.6 is 0 Å². The molecule has 0 saturated carbocycles. The first-order valence-electron chi connectivity index (χ1n) is 6.26. The molecule has 0 aliphatic carbocycles. The first-order valence-corrected chi connectivity index (χ1v) is 6.26. The van der Waals surface area contributed by atoms with E-state index in [-0.39, 0.29) is 19.0 Å². The third-order valence-electron chi connectivity index (χ3n) is 2.08. The van der Waals surface area contributed by atoms with Crippen molar-refractivity contribution < 1.29 is 22.7 Å². The van der Waals surface area contributed by atoms with Gasteiger partial charge in [-0.1, -0.05) is 0 Å². The van der Waals surface area contributed by atoms with Crippen LogP contribution in [0.4, 0.5) is 18.0 Å². The summed E-state index contributed by atoms with van der Waals surface area (Å²) in [5.74, 6) is 0. The largest absolute Gasteiger partial charge is 0.444 e. The number of carbonyl (C=O) groups excluding carboxylic acids is 1. The summed E-state index contributed by atoms with van der Waals surface area (Å²) in [7, 11) is 0. The lowest BCUT2D eigenvalue weighted by atomic mass is 10.2. The zero-order valence-electron chi connectivity index (χ0n) is 11.9. The van der Waals surface area contributed by atoms with Crippen LogP contribution in [0, 0.1) is 0 Å². The van der Waals surface area contributed by atoms with Gasteiger partial charge in [-0.2, -0.15) is 13.2 Å². The van der Waals surface area contributed by atoms with Crippen LogP contribution in [-0.2, 0) is 4.74 Å². The molecule has 19 heavy (non-hydrogen) atoms. The molecule has 0 heterocycles. The Hall–Kier alpha value is -0.980. The van der Waals surface area contributed by atoms with Crippen molar-refractivity contribution in [1.82, 2.24) is 10.6 Å². The number of amides is 1. The van der Waals surface area contributed by atoms with Crippen LogP contribution in [0.15, 0.2) is 0 Å². The number of nitrogens with one attached hydrogen (secondary N) is 2. The van der Waals surface area contributed by atoms with E-state index in [9.17, 15) is 18.0 Å². The van der Waals surface area contributed by atoms with Crippen LogP contribution < -0.4 is 10.6 Å². The highest BCUT2D eigenvalue weighted by molar-refractivity contribution is 5.67. The van der Waals surface area contributed by atoms with Gasteiger partial charge in [-0.25, -0.2) is 4.79 Å². The van der Waals surface area contributed by atoms with Gasteiger partial charge in [0.1, 0.15) is 5.60 Å². The van der Waals surface area contributed by atoms with Crippen LogP contribution in [0.2, 0.25) is 0 Å². The van der Waals surface area contributed by atoms with Crippen LogP contribution in [0.3, 0.4) is 0 Å². The number of rotatable bonds is 6. The highest BCUT2D eigenvalue weighted by atomic mass is 19.4. The van der Waals surface area contributed by atoms with Gasteiger partial charge in [0.05, 0.1) is 0 Å². The van der Waals surface area contributed by atoms with Crippen molar-refractivity contribution in [1.29, 1.82) is 0 Å². The number of halogens is 3. The van der Waals surface area contributed by atoms with Gasteiger partial charge in [0.2, 0.25) is 0 Å². The third kappa shape index (κ3) is 13.3. The fourth-order valence-corrected chi connectivity index (χ4v) is 1.26. The van der Waals surface area contributed by atoms with Gasteiger partial charge < -0.3 is 15.4 Å². The normalized spacial score (nSPS) is 14.1. The van der Waals surface area contributed by atoms with E-state index in [2.05, 4.69) is 10.6 Å². The molecule has 0 aliphatic heterocycles. The molecule has 7 heteroatoms. The van der Waals surface area contributed by atoms with E-state index in [0.29, 0.717) is 6.54 Å². The van der Waals surface area contributed by atoms with Crippen LogP contribution in [0.25, 0.3) is 0 Å². The number of alkyl halides is 3. The van der Waals surface area contributed by atoms with Crippen LogP contribution in [0.5, 0.6) is 0 Å². The van der Waals surface area contributed by atoms with E-state index in [1.54, 1.807) is 27.7 Å². The standard InChI is InChI=1S/C12H23F3N2O2/c1-9(16-7-5-6-12(13,14)15)8-17-10(18)19-11(2,3)4/h9,16H,5-8H2,1-4H3,(H,17,18). The van der Waals surface area contributed by atoms with Gasteiger partial charge >= 0.3 is 12.3 Å². The molecule has 0 fully saturated rings. The molecular weight excluding hydrogens is 261 g/mol. The lowest BCUT2D eigenvalue weighted by molar-refractivity contribution is -0.135. The van der Waals surface area contributed by atoms with Gasteiger partial charge in [0.25, 0.3) is 0 Å². The van der Waals surface area contributed by atoms with Crippen molar-refractivity contribution in [3.8, 4) is 0 Å². The molecule has 1 amide bonds. The second-order valence-electron chi connectivity index (χ2n) is 5.46. The molecule has 0 bridgehead atoms. The second-order valence-corrected chi connectivity index (χ2v) is 5.46. The summed E-state index contributed by atoms with van der Waals surface area (Å²) in [6, 6.07) is -0.110. The summed E-state index contributed by atoms with van der Waals surface area (Å²) in [4.78, 5) is 11.3. The molecule has 0 aromatic carbocycles. The van der Waals surface area contributed by atoms with Gasteiger partial charge in [-0.3, -0.25) is 0 Å². The van der Waals surface area contributed by atoms with Gasteiger partial charge in [0, 0.05) is 19.0 Å². The Morgan fingerprint density at radius 1 is 1.26 bits per heavy atom.